The highest BCUT2D eigenvalue weighted by atomic mass is 35.6. The standard InChI is InChI=1S/C4H10O.CHCl3.CH4O.H3N.H2O/c1-2-3-4-5;2-1(3)4;1-2;;/h5H,2-4H2,1H3;1H;2H,1H3;1H3;1H2. The van der Waals surface area contributed by atoms with Crippen LogP contribution in [-0.4, -0.2) is 33.7 Å². The summed E-state index contributed by atoms with van der Waals surface area (Å²) < 4.78 is -0.750. The Morgan fingerprint density at radius 2 is 1.38 bits per heavy atom. The molecule has 7 N–H and O–H groups in total. The summed E-state index contributed by atoms with van der Waals surface area (Å²) in [6.45, 7) is 2.40. The van der Waals surface area contributed by atoms with E-state index in [-0.39, 0.29) is 11.6 Å². The molecule has 0 aromatic heterocycles. The van der Waals surface area contributed by atoms with Gasteiger partial charge in [-0.05, 0) is 6.42 Å². The third-order valence-electron chi connectivity index (χ3n) is 0.512. The average Bonchev–Trinajstić information content (AvgIpc) is 1.93. The van der Waals surface area contributed by atoms with E-state index in [1.807, 2.05) is 0 Å². The van der Waals surface area contributed by atoms with Crippen LogP contribution < -0.4 is 6.15 Å². The van der Waals surface area contributed by atoms with Crippen LogP contribution in [0.25, 0.3) is 0 Å². The highest BCUT2D eigenvalue weighted by Gasteiger charge is 1.78. The first kappa shape index (κ1) is 29.2. The lowest BCUT2D eigenvalue weighted by Crippen LogP contribution is -1.75. The van der Waals surface area contributed by atoms with Gasteiger partial charge in [0.05, 0.1) is 0 Å². The first-order valence-electron chi connectivity index (χ1n) is 3.13. The molecule has 0 saturated carbocycles. The van der Waals surface area contributed by atoms with E-state index in [9.17, 15) is 0 Å². The summed E-state index contributed by atoms with van der Waals surface area (Å²) >= 11 is 14.4. The average molecular weight is 261 g/mol. The highest BCUT2D eigenvalue weighted by molar-refractivity contribution is 6.63. The monoisotopic (exact) mass is 259 g/mol. The van der Waals surface area contributed by atoms with Gasteiger partial charge in [0.15, 0.2) is 4.30 Å². The molecule has 0 spiro atoms. The number of aliphatic hydroxyl groups excluding tert-OH is 2. The summed E-state index contributed by atoms with van der Waals surface area (Å²) in [7, 11) is 1.00. The van der Waals surface area contributed by atoms with E-state index >= 15 is 0 Å². The van der Waals surface area contributed by atoms with E-state index in [0.717, 1.165) is 20.0 Å². The number of rotatable bonds is 2. The molecule has 0 saturated heterocycles. The van der Waals surface area contributed by atoms with Crippen LogP contribution in [-0.2, 0) is 0 Å². The first-order valence-corrected chi connectivity index (χ1v) is 4.43. The second-order valence-electron chi connectivity index (χ2n) is 1.32. The predicted octanol–water partition coefficient (Wildman–Crippen LogP) is 1.71. The number of aliphatic hydroxyl groups is 2. The fraction of sp³-hybridized carbons (Fsp3) is 1.00. The third kappa shape index (κ3) is 199. The third-order valence-corrected chi connectivity index (χ3v) is 0.512. The second-order valence-corrected chi connectivity index (χ2v) is 3.30. The van der Waals surface area contributed by atoms with Crippen molar-refractivity contribution in [2.24, 2.45) is 0 Å². The molecular weight excluding hydrogens is 240 g/mol. The molecular formula is C6H20Cl3NO3. The van der Waals surface area contributed by atoms with Gasteiger partial charge in [0.2, 0.25) is 0 Å². The smallest absolute Gasteiger partial charge is 0.180 e. The van der Waals surface area contributed by atoms with E-state index in [2.05, 4.69) is 6.92 Å². The molecule has 0 heterocycles. The Bertz CT molecular complexity index is 47.4. The van der Waals surface area contributed by atoms with E-state index < -0.39 is 4.30 Å². The topological polar surface area (TPSA) is 107 Å². The molecule has 0 aromatic carbocycles. The Morgan fingerprint density at radius 3 is 1.38 bits per heavy atom. The van der Waals surface area contributed by atoms with Crippen LogP contribution in [0.3, 0.4) is 0 Å². The number of unbranched alkanes of at least 4 members (excludes halogenated alkanes) is 1. The van der Waals surface area contributed by atoms with Crippen LogP contribution in [0.1, 0.15) is 19.8 Å². The molecule has 0 aromatic rings. The molecule has 0 atom stereocenters. The van der Waals surface area contributed by atoms with Crippen LogP contribution in [0.15, 0.2) is 0 Å². The normalized spacial score (nSPS) is 6.46. The van der Waals surface area contributed by atoms with Gasteiger partial charge in [0.25, 0.3) is 0 Å². The van der Waals surface area contributed by atoms with Gasteiger partial charge < -0.3 is 21.8 Å². The summed E-state index contributed by atoms with van der Waals surface area (Å²) in [6, 6.07) is 0. The van der Waals surface area contributed by atoms with Crippen LogP contribution in [0, 0.1) is 0 Å². The minimum Gasteiger partial charge on any atom is -0.412 e. The Labute approximate surface area is 94.7 Å². The van der Waals surface area contributed by atoms with Crippen LogP contribution >= 0.6 is 34.8 Å². The minimum absolute atomic E-state index is 0. The summed E-state index contributed by atoms with van der Waals surface area (Å²) in [5.74, 6) is 0. The van der Waals surface area contributed by atoms with E-state index in [1.165, 1.54) is 0 Å². The molecule has 0 unspecified atom stereocenters. The lowest BCUT2D eigenvalue weighted by atomic mass is 10.4. The molecule has 0 aliphatic heterocycles. The van der Waals surface area contributed by atoms with Crippen molar-refractivity contribution in [3.63, 3.8) is 0 Å². The first-order chi connectivity index (χ1) is 5.15. The van der Waals surface area contributed by atoms with E-state index in [4.69, 9.17) is 45.0 Å². The van der Waals surface area contributed by atoms with Crippen molar-refractivity contribution >= 4 is 34.8 Å². The van der Waals surface area contributed by atoms with Crippen LogP contribution in [0.4, 0.5) is 0 Å². The molecule has 4 nitrogen and oxygen atoms in total. The Hall–Kier alpha value is 0.710. The number of hydrogen-bond donors (Lipinski definition) is 3. The molecule has 0 aliphatic carbocycles. The lowest BCUT2D eigenvalue weighted by Gasteiger charge is -1.79. The fourth-order valence-electron chi connectivity index (χ4n) is 0.158. The number of halogens is 3. The second kappa shape index (κ2) is 38.7. The zero-order valence-corrected chi connectivity index (χ0v) is 10.2. The van der Waals surface area contributed by atoms with Crippen molar-refractivity contribution in [2.45, 2.75) is 24.1 Å². The number of hydrogen-bond acceptors (Lipinski definition) is 3. The largest absolute Gasteiger partial charge is 0.412 e. The van der Waals surface area contributed by atoms with Crippen molar-refractivity contribution in [1.82, 2.24) is 6.15 Å². The summed E-state index contributed by atoms with van der Waals surface area (Å²) in [5, 5.41) is 15.1. The van der Waals surface area contributed by atoms with Crippen molar-refractivity contribution in [1.29, 1.82) is 0 Å². The highest BCUT2D eigenvalue weighted by Crippen LogP contribution is 2.03. The van der Waals surface area contributed by atoms with Crippen molar-refractivity contribution in [2.75, 3.05) is 13.7 Å². The zero-order valence-electron chi connectivity index (χ0n) is 7.93. The maximum Gasteiger partial charge on any atom is 0.180 e. The minimum atomic E-state index is -0.750. The molecule has 0 rings (SSSR count). The maximum absolute atomic E-state index is 8.07. The maximum atomic E-state index is 8.07. The molecule has 0 aliphatic rings. The van der Waals surface area contributed by atoms with E-state index in [0.29, 0.717) is 6.61 Å². The predicted molar refractivity (Wildman–Crippen MR) is 60.1 cm³/mol. The van der Waals surface area contributed by atoms with Gasteiger partial charge in [-0.15, -0.1) is 0 Å². The number of alkyl halides is 3. The van der Waals surface area contributed by atoms with Gasteiger partial charge in [-0.1, -0.05) is 48.1 Å². The SMILES string of the molecule is CCCCO.CO.ClC(Cl)Cl.N.O. The summed E-state index contributed by atoms with van der Waals surface area (Å²) in [6.07, 6.45) is 2.04. The van der Waals surface area contributed by atoms with E-state index in [1.54, 1.807) is 0 Å². The van der Waals surface area contributed by atoms with Gasteiger partial charge in [-0.2, -0.15) is 0 Å². The molecule has 0 bridgehead atoms. The van der Waals surface area contributed by atoms with Gasteiger partial charge in [-0.3, -0.25) is 0 Å². The van der Waals surface area contributed by atoms with Crippen LogP contribution in [0.5, 0.6) is 0 Å². The van der Waals surface area contributed by atoms with Crippen molar-refractivity contribution in [3.05, 3.63) is 0 Å². The van der Waals surface area contributed by atoms with Gasteiger partial charge in [0.1, 0.15) is 0 Å². The van der Waals surface area contributed by atoms with Crippen molar-refractivity contribution < 1.29 is 15.7 Å². The lowest BCUT2D eigenvalue weighted by molar-refractivity contribution is 0.287. The van der Waals surface area contributed by atoms with Gasteiger partial charge >= 0.3 is 0 Å². The molecule has 88 valence electrons. The summed E-state index contributed by atoms with van der Waals surface area (Å²) in [4.78, 5) is 0. The molecule has 0 radical (unpaired) electrons. The molecule has 0 fully saturated rings. The van der Waals surface area contributed by atoms with Crippen molar-refractivity contribution in [3.8, 4) is 0 Å². The Morgan fingerprint density at radius 1 is 1.15 bits per heavy atom. The zero-order chi connectivity index (χ0) is 9.70. The molecule has 0 amide bonds. The summed E-state index contributed by atoms with van der Waals surface area (Å²) in [5.41, 5.74) is 0. The van der Waals surface area contributed by atoms with Crippen LogP contribution in [0.2, 0.25) is 0 Å². The quantitative estimate of drug-likeness (QED) is 0.658. The Kier molecular flexibility index (Phi) is 86.9. The fourth-order valence-corrected chi connectivity index (χ4v) is 0.158. The Balaban J connectivity index is -0.0000000246. The molecule has 7 heteroatoms. The molecule has 13 heavy (non-hydrogen) atoms. The van der Waals surface area contributed by atoms with Gasteiger partial charge in [-0.25, -0.2) is 0 Å². The van der Waals surface area contributed by atoms with Gasteiger partial charge in [0, 0.05) is 13.7 Å².